The lowest BCUT2D eigenvalue weighted by molar-refractivity contribution is 0.0926. The van der Waals surface area contributed by atoms with Crippen LogP contribution in [0.4, 0.5) is 0 Å². The summed E-state index contributed by atoms with van der Waals surface area (Å²) in [5, 5.41) is 7.73. The molecule has 1 aromatic heterocycles. The van der Waals surface area contributed by atoms with Gasteiger partial charge in [-0.05, 0) is 47.8 Å². The summed E-state index contributed by atoms with van der Waals surface area (Å²) < 4.78 is 5.08. The zero-order valence-corrected chi connectivity index (χ0v) is 17.6. The molecule has 5 nitrogen and oxygen atoms in total. The molecule has 1 heterocycles. The van der Waals surface area contributed by atoms with E-state index in [4.69, 9.17) is 4.74 Å². The van der Waals surface area contributed by atoms with Gasteiger partial charge in [-0.3, -0.25) is 9.59 Å². The number of amides is 2. The molecular formula is C22H22N2O3S2. The van der Waals surface area contributed by atoms with E-state index in [1.165, 1.54) is 4.88 Å². The number of hydrogen-bond donors (Lipinski definition) is 2. The number of nitrogens with one attached hydrogen (secondary N) is 2. The van der Waals surface area contributed by atoms with Gasteiger partial charge in [0.05, 0.1) is 12.7 Å². The molecule has 29 heavy (non-hydrogen) atoms. The molecule has 7 heteroatoms. The standard InChI is InChI=1S/C22H22N2O3S2/c1-27-17-10-8-16(9-11-17)21(25)23-12-13-24-22(26)19-6-2-3-7-20(19)29-15-18-5-4-14-28-18/h2-11,14H,12-13,15H2,1H3,(H,23,25)(H,24,26). The second-order valence-electron chi connectivity index (χ2n) is 6.10. The molecule has 150 valence electrons. The zero-order valence-electron chi connectivity index (χ0n) is 16.0. The van der Waals surface area contributed by atoms with Gasteiger partial charge >= 0.3 is 0 Å². The van der Waals surface area contributed by atoms with Crippen molar-refractivity contribution in [2.24, 2.45) is 0 Å². The predicted molar refractivity (Wildman–Crippen MR) is 118 cm³/mol. The summed E-state index contributed by atoms with van der Waals surface area (Å²) in [6.07, 6.45) is 0. The van der Waals surface area contributed by atoms with Gasteiger partial charge in [-0.1, -0.05) is 18.2 Å². The molecule has 0 unspecified atom stereocenters. The highest BCUT2D eigenvalue weighted by Gasteiger charge is 2.12. The molecule has 0 aliphatic carbocycles. The number of methoxy groups -OCH3 is 1. The maximum Gasteiger partial charge on any atom is 0.252 e. The van der Waals surface area contributed by atoms with E-state index in [1.54, 1.807) is 54.5 Å². The lowest BCUT2D eigenvalue weighted by Gasteiger charge is -2.10. The van der Waals surface area contributed by atoms with Crippen LogP contribution in [-0.4, -0.2) is 32.0 Å². The third-order valence-electron chi connectivity index (χ3n) is 4.13. The van der Waals surface area contributed by atoms with Gasteiger partial charge in [0.1, 0.15) is 5.75 Å². The SMILES string of the molecule is COc1ccc(C(=O)NCCNC(=O)c2ccccc2SCc2cccs2)cc1. The Morgan fingerprint density at radius 2 is 1.66 bits per heavy atom. The highest BCUT2D eigenvalue weighted by Crippen LogP contribution is 2.27. The lowest BCUT2D eigenvalue weighted by Crippen LogP contribution is -2.34. The van der Waals surface area contributed by atoms with Crippen LogP contribution in [0.3, 0.4) is 0 Å². The zero-order chi connectivity index (χ0) is 20.5. The molecule has 0 radical (unpaired) electrons. The van der Waals surface area contributed by atoms with E-state index in [-0.39, 0.29) is 11.8 Å². The predicted octanol–water partition coefficient (Wildman–Crippen LogP) is 4.21. The molecule has 0 aliphatic rings. The van der Waals surface area contributed by atoms with Crippen molar-refractivity contribution >= 4 is 34.9 Å². The van der Waals surface area contributed by atoms with Crippen LogP contribution in [-0.2, 0) is 5.75 Å². The van der Waals surface area contributed by atoms with Crippen LogP contribution in [0.1, 0.15) is 25.6 Å². The van der Waals surface area contributed by atoms with E-state index in [0.29, 0.717) is 30.0 Å². The highest BCUT2D eigenvalue weighted by molar-refractivity contribution is 7.98. The minimum atomic E-state index is -0.186. The van der Waals surface area contributed by atoms with Crippen LogP contribution in [0, 0.1) is 0 Å². The first-order chi connectivity index (χ1) is 14.2. The van der Waals surface area contributed by atoms with Crippen LogP contribution in [0.5, 0.6) is 5.75 Å². The number of thioether (sulfide) groups is 1. The van der Waals surface area contributed by atoms with Crippen molar-refractivity contribution in [3.8, 4) is 5.75 Å². The summed E-state index contributed by atoms with van der Waals surface area (Å²) in [5.74, 6) is 1.20. The molecule has 3 aromatic rings. The molecule has 3 rings (SSSR count). The van der Waals surface area contributed by atoms with Crippen LogP contribution in [0.15, 0.2) is 70.9 Å². The largest absolute Gasteiger partial charge is 0.497 e. The Bertz CT molecular complexity index is 941. The van der Waals surface area contributed by atoms with Crippen molar-refractivity contribution in [1.29, 1.82) is 0 Å². The highest BCUT2D eigenvalue weighted by atomic mass is 32.2. The summed E-state index contributed by atoms with van der Waals surface area (Å²) in [6.45, 7) is 0.700. The number of benzene rings is 2. The fourth-order valence-corrected chi connectivity index (χ4v) is 4.44. The molecule has 0 fully saturated rings. The molecule has 0 bridgehead atoms. The van der Waals surface area contributed by atoms with Crippen molar-refractivity contribution in [1.82, 2.24) is 10.6 Å². The molecule has 0 spiro atoms. The van der Waals surface area contributed by atoms with Crippen LogP contribution >= 0.6 is 23.1 Å². The number of hydrogen-bond acceptors (Lipinski definition) is 5. The van der Waals surface area contributed by atoms with Gasteiger partial charge in [0.25, 0.3) is 11.8 Å². The van der Waals surface area contributed by atoms with Crippen molar-refractivity contribution < 1.29 is 14.3 Å². The molecule has 0 saturated carbocycles. The molecule has 2 aromatic carbocycles. The van der Waals surface area contributed by atoms with E-state index in [0.717, 1.165) is 10.6 Å². The summed E-state index contributed by atoms with van der Waals surface area (Å²) in [6, 6.07) is 18.6. The van der Waals surface area contributed by atoms with Gasteiger partial charge in [0.2, 0.25) is 0 Å². The fraction of sp³-hybridized carbons (Fsp3) is 0.182. The number of thiophene rings is 1. The van der Waals surface area contributed by atoms with Crippen molar-refractivity contribution in [3.63, 3.8) is 0 Å². The Balaban J connectivity index is 1.47. The maximum atomic E-state index is 12.6. The molecule has 2 amide bonds. The summed E-state index contributed by atoms with van der Waals surface area (Å²) >= 11 is 3.35. The molecule has 0 aliphatic heterocycles. The number of carbonyl (C=O) groups is 2. The molecule has 0 atom stereocenters. The number of ether oxygens (including phenoxy) is 1. The molecule has 2 N–H and O–H groups in total. The normalized spacial score (nSPS) is 10.4. The average molecular weight is 427 g/mol. The third kappa shape index (κ3) is 6.10. The fourth-order valence-electron chi connectivity index (χ4n) is 2.62. The van der Waals surface area contributed by atoms with Gasteiger partial charge < -0.3 is 15.4 Å². The molecular weight excluding hydrogens is 404 g/mol. The van der Waals surface area contributed by atoms with E-state index >= 15 is 0 Å². The second kappa shape index (κ2) is 10.7. The van der Waals surface area contributed by atoms with Gasteiger partial charge in [-0.15, -0.1) is 23.1 Å². The van der Waals surface area contributed by atoms with Crippen LogP contribution < -0.4 is 15.4 Å². The monoisotopic (exact) mass is 426 g/mol. The van der Waals surface area contributed by atoms with E-state index in [1.807, 2.05) is 30.3 Å². The average Bonchev–Trinajstić information content (AvgIpc) is 3.29. The first-order valence-corrected chi connectivity index (χ1v) is 11.0. The summed E-state index contributed by atoms with van der Waals surface area (Å²) in [7, 11) is 1.58. The number of rotatable bonds is 9. The Morgan fingerprint density at radius 1 is 0.931 bits per heavy atom. The Hall–Kier alpha value is -2.77. The van der Waals surface area contributed by atoms with Gasteiger partial charge in [-0.2, -0.15) is 0 Å². The lowest BCUT2D eigenvalue weighted by atomic mass is 10.2. The van der Waals surface area contributed by atoms with E-state index in [9.17, 15) is 9.59 Å². The smallest absolute Gasteiger partial charge is 0.252 e. The molecule has 0 saturated heterocycles. The Labute approximate surface area is 178 Å². The second-order valence-corrected chi connectivity index (χ2v) is 8.15. The van der Waals surface area contributed by atoms with Crippen molar-refractivity contribution in [2.75, 3.05) is 20.2 Å². The van der Waals surface area contributed by atoms with E-state index in [2.05, 4.69) is 22.1 Å². The van der Waals surface area contributed by atoms with Gasteiger partial charge in [0.15, 0.2) is 0 Å². The first kappa shape index (κ1) is 21.0. The van der Waals surface area contributed by atoms with Gasteiger partial charge in [0, 0.05) is 34.2 Å². The summed E-state index contributed by atoms with van der Waals surface area (Å²) in [5.41, 5.74) is 1.20. The quantitative estimate of drug-likeness (QED) is 0.397. The Morgan fingerprint density at radius 3 is 2.34 bits per heavy atom. The van der Waals surface area contributed by atoms with Crippen LogP contribution in [0.25, 0.3) is 0 Å². The minimum Gasteiger partial charge on any atom is -0.497 e. The van der Waals surface area contributed by atoms with Gasteiger partial charge in [-0.25, -0.2) is 0 Å². The topological polar surface area (TPSA) is 67.4 Å². The summed E-state index contributed by atoms with van der Waals surface area (Å²) in [4.78, 5) is 26.9. The Kier molecular flexibility index (Phi) is 7.72. The minimum absolute atomic E-state index is 0.141. The first-order valence-electron chi connectivity index (χ1n) is 9.12. The maximum absolute atomic E-state index is 12.6. The van der Waals surface area contributed by atoms with Crippen molar-refractivity contribution in [3.05, 3.63) is 82.0 Å². The number of carbonyl (C=O) groups excluding carboxylic acids is 2. The third-order valence-corrected chi connectivity index (χ3v) is 6.31. The van der Waals surface area contributed by atoms with Crippen molar-refractivity contribution in [2.45, 2.75) is 10.6 Å². The van der Waals surface area contributed by atoms with E-state index < -0.39 is 0 Å². The van der Waals surface area contributed by atoms with Crippen LogP contribution in [0.2, 0.25) is 0 Å².